The van der Waals surface area contributed by atoms with Gasteiger partial charge in [-0.25, -0.2) is 15.0 Å². The van der Waals surface area contributed by atoms with Gasteiger partial charge in [-0.15, -0.1) is 0 Å². The summed E-state index contributed by atoms with van der Waals surface area (Å²) in [5.41, 5.74) is 1.84. The molecule has 1 atom stereocenters. The quantitative estimate of drug-likeness (QED) is 0.834. The number of rotatable bonds is 5. The maximum atomic E-state index is 12.4. The molecule has 1 aliphatic heterocycles. The second-order valence-corrected chi connectivity index (χ2v) is 6.11. The van der Waals surface area contributed by atoms with E-state index in [9.17, 15) is 4.79 Å². The van der Waals surface area contributed by atoms with Crippen LogP contribution in [0.1, 0.15) is 36.2 Å². The number of hydrogen-bond donors (Lipinski definition) is 0. The predicted octanol–water partition coefficient (Wildman–Crippen LogP) is 1.67. The van der Waals surface area contributed by atoms with Crippen molar-refractivity contribution in [3.63, 3.8) is 0 Å². The Morgan fingerprint density at radius 1 is 1.33 bits per heavy atom. The van der Waals surface area contributed by atoms with Gasteiger partial charge in [0.05, 0.1) is 19.5 Å². The van der Waals surface area contributed by atoms with E-state index >= 15 is 0 Å². The van der Waals surface area contributed by atoms with E-state index in [0.717, 1.165) is 24.4 Å². The lowest BCUT2D eigenvalue weighted by Gasteiger charge is -2.32. The molecule has 2 aromatic heterocycles. The van der Waals surface area contributed by atoms with Crippen LogP contribution in [0, 0.1) is 13.8 Å². The molecule has 2 aromatic rings. The topological polar surface area (TPSA) is 73.1 Å². The second-order valence-electron chi connectivity index (χ2n) is 6.11. The maximum absolute atomic E-state index is 12.4. The molecule has 1 amide bonds. The van der Waals surface area contributed by atoms with Gasteiger partial charge in [-0.3, -0.25) is 4.79 Å². The number of morpholine rings is 1. The van der Waals surface area contributed by atoms with Crippen LogP contribution in [0.4, 0.5) is 0 Å². The van der Waals surface area contributed by atoms with E-state index in [1.54, 1.807) is 12.5 Å². The fourth-order valence-corrected chi connectivity index (χ4v) is 2.92. The highest BCUT2D eigenvalue weighted by atomic mass is 16.5. The molecule has 3 heterocycles. The molecule has 7 nitrogen and oxygen atoms in total. The number of aromatic nitrogens is 4. The minimum Gasteiger partial charge on any atom is -0.367 e. The lowest BCUT2D eigenvalue weighted by Crippen LogP contribution is -2.42. The highest BCUT2D eigenvalue weighted by Gasteiger charge is 2.27. The van der Waals surface area contributed by atoms with Gasteiger partial charge >= 0.3 is 0 Å². The molecule has 1 aliphatic rings. The van der Waals surface area contributed by atoms with E-state index in [4.69, 9.17) is 4.74 Å². The third kappa shape index (κ3) is 4.17. The Morgan fingerprint density at radius 3 is 2.83 bits per heavy atom. The van der Waals surface area contributed by atoms with Crippen LogP contribution in [0.15, 0.2) is 24.8 Å². The molecule has 0 unspecified atom stereocenters. The molecule has 128 valence electrons. The summed E-state index contributed by atoms with van der Waals surface area (Å²) in [4.78, 5) is 27.2. The number of carbonyl (C=O) groups is 1. The van der Waals surface area contributed by atoms with Crippen molar-refractivity contribution in [2.45, 2.75) is 39.3 Å². The average Bonchev–Trinajstić information content (AvgIpc) is 3.07. The normalized spacial score (nSPS) is 17.9. The molecule has 3 rings (SSSR count). The van der Waals surface area contributed by atoms with E-state index in [1.807, 2.05) is 35.6 Å². The molecule has 0 radical (unpaired) electrons. The van der Waals surface area contributed by atoms with Gasteiger partial charge < -0.3 is 14.2 Å². The van der Waals surface area contributed by atoms with Gasteiger partial charge in [0.1, 0.15) is 6.10 Å². The van der Waals surface area contributed by atoms with Crippen molar-refractivity contribution in [3.05, 3.63) is 42.0 Å². The Bertz CT molecular complexity index is 666. The van der Waals surface area contributed by atoms with Gasteiger partial charge in [0.25, 0.3) is 0 Å². The Labute approximate surface area is 141 Å². The number of aryl methyl sites for hydroxylation is 3. The number of imidazole rings is 1. The monoisotopic (exact) mass is 329 g/mol. The van der Waals surface area contributed by atoms with E-state index < -0.39 is 0 Å². The summed E-state index contributed by atoms with van der Waals surface area (Å²) in [5.74, 6) is 0.830. The second kappa shape index (κ2) is 7.53. The number of hydrogen-bond acceptors (Lipinski definition) is 5. The average molecular weight is 329 g/mol. The highest BCUT2D eigenvalue weighted by molar-refractivity contribution is 5.76. The Hall–Kier alpha value is -2.28. The van der Waals surface area contributed by atoms with Gasteiger partial charge in [-0.1, -0.05) is 0 Å². The fraction of sp³-hybridized carbons (Fsp3) is 0.529. The number of ether oxygens (including phenoxy) is 1. The van der Waals surface area contributed by atoms with E-state index in [-0.39, 0.29) is 12.0 Å². The third-order valence-corrected chi connectivity index (χ3v) is 4.07. The largest absolute Gasteiger partial charge is 0.367 e. The van der Waals surface area contributed by atoms with Crippen molar-refractivity contribution in [1.82, 2.24) is 24.4 Å². The Balaban J connectivity index is 1.55. The summed E-state index contributed by atoms with van der Waals surface area (Å²) in [7, 11) is 0. The van der Waals surface area contributed by atoms with Gasteiger partial charge in [0, 0.05) is 43.3 Å². The first-order valence-electron chi connectivity index (χ1n) is 8.29. The minimum atomic E-state index is -0.241. The molecule has 0 N–H and O–H groups in total. The summed E-state index contributed by atoms with van der Waals surface area (Å²) in [6, 6.07) is 1.94. The van der Waals surface area contributed by atoms with Crippen molar-refractivity contribution < 1.29 is 9.53 Å². The van der Waals surface area contributed by atoms with Gasteiger partial charge in [-0.05, 0) is 26.3 Å². The molecular weight excluding hydrogens is 306 g/mol. The lowest BCUT2D eigenvalue weighted by atomic mass is 10.2. The summed E-state index contributed by atoms with van der Waals surface area (Å²) in [5, 5.41) is 0. The summed E-state index contributed by atoms with van der Waals surface area (Å²) in [6.45, 7) is 6.37. The van der Waals surface area contributed by atoms with Crippen molar-refractivity contribution in [2.75, 3.05) is 19.7 Å². The molecule has 0 saturated carbocycles. The summed E-state index contributed by atoms with van der Waals surface area (Å²) < 4.78 is 7.77. The first-order valence-corrected chi connectivity index (χ1v) is 8.29. The first-order chi connectivity index (χ1) is 11.6. The SMILES string of the molecule is Cc1cc(C)nc([C@H]2CN(C(=O)CCCn3ccnc3)CCO2)n1. The van der Waals surface area contributed by atoms with Crippen molar-refractivity contribution in [3.8, 4) is 0 Å². The summed E-state index contributed by atoms with van der Waals surface area (Å²) >= 11 is 0. The molecule has 0 spiro atoms. The predicted molar refractivity (Wildman–Crippen MR) is 88.2 cm³/mol. The zero-order chi connectivity index (χ0) is 16.9. The number of carbonyl (C=O) groups excluding carboxylic acids is 1. The molecule has 1 fully saturated rings. The van der Waals surface area contributed by atoms with Crippen LogP contribution in [0.2, 0.25) is 0 Å². The molecule has 0 aromatic carbocycles. The highest BCUT2D eigenvalue weighted by Crippen LogP contribution is 2.20. The first kappa shape index (κ1) is 16.6. The number of nitrogens with zero attached hydrogens (tertiary/aromatic N) is 5. The van der Waals surface area contributed by atoms with Crippen LogP contribution >= 0.6 is 0 Å². The van der Waals surface area contributed by atoms with Crippen LogP contribution in [0.25, 0.3) is 0 Å². The lowest BCUT2D eigenvalue weighted by molar-refractivity contribution is -0.139. The van der Waals surface area contributed by atoms with E-state index in [0.29, 0.717) is 31.9 Å². The van der Waals surface area contributed by atoms with Crippen molar-refractivity contribution >= 4 is 5.91 Å². The molecule has 7 heteroatoms. The van der Waals surface area contributed by atoms with Gasteiger partial charge in [-0.2, -0.15) is 0 Å². The molecule has 0 bridgehead atoms. The summed E-state index contributed by atoms with van der Waals surface area (Å²) in [6.07, 6.45) is 6.52. The van der Waals surface area contributed by atoms with E-state index in [2.05, 4.69) is 15.0 Å². The van der Waals surface area contributed by atoms with Gasteiger partial charge in [0.2, 0.25) is 5.91 Å². The maximum Gasteiger partial charge on any atom is 0.222 e. The van der Waals surface area contributed by atoms with Crippen LogP contribution in [0.5, 0.6) is 0 Å². The van der Waals surface area contributed by atoms with Crippen LogP contribution in [0.3, 0.4) is 0 Å². The number of amides is 1. The molecule has 24 heavy (non-hydrogen) atoms. The zero-order valence-corrected chi connectivity index (χ0v) is 14.2. The Kier molecular flexibility index (Phi) is 5.20. The minimum absolute atomic E-state index is 0.160. The van der Waals surface area contributed by atoms with Crippen LogP contribution < -0.4 is 0 Å². The van der Waals surface area contributed by atoms with Gasteiger partial charge in [0.15, 0.2) is 5.82 Å². The molecule has 1 saturated heterocycles. The molecule has 0 aliphatic carbocycles. The van der Waals surface area contributed by atoms with Crippen LogP contribution in [-0.4, -0.2) is 50.0 Å². The van der Waals surface area contributed by atoms with Crippen molar-refractivity contribution in [1.29, 1.82) is 0 Å². The zero-order valence-electron chi connectivity index (χ0n) is 14.2. The Morgan fingerprint density at radius 2 is 2.12 bits per heavy atom. The fourth-order valence-electron chi connectivity index (χ4n) is 2.92. The van der Waals surface area contributed by atoms with Crippen LogP contribution in [-0.2, 0) is 16.1 Å². The standard InChI is InChI=1S/C17H23N5O2/c1-13-10-14(2)20-17(19-13)15-11-22(8-9-24-15)16(23)4-3-6-21-7-5-18-12-21/h5,7,10,12,15H,3-4,6,8-9,11H2,1-2H3/t15-/m1/s1. The molecular formula is C17H23N5O2. The third-order valence-electron chi connectivity index (χ3n) is 4.07. The smallest absolute Gasteiger partial charge is 0.222 e. The van der Waals surface area contributed by atoms with Crippen molar-refractivity contribution in [2.24, 2.45) is 0 Å². The van der Waals surface area contributed by atoms with E-state index in [1.165, 1.54) is 0 Å².